The molecular formula is C22H31N5O5. The van der Waals surface area contributed by atoms with Gasteiger partial charge in [0.2, 0.25) is 11.8 Å². The van der Waals surface area contributed by atoms with Gasteiger partial charge in [-0.15, -0.1) is 0 Å². The number of aromatic amines is 1. The molecular weight excluding hydrogens is 414 g/mol. The van der Waals surface area contributed by atoms with Gasteiger partial charge < -0.3 is 25.2 Å². The van der Waals surface area contributed by atoms with E-state index in [0.717, 1.165) is 30.5 Å². The van der Waals surface area contributed by atoms with E-state index in [4.69, 9.17) is 9.47 Å². The van der Waals surface area contributed by atoms with Crippen molar-refractivity contribution >= 4 is 17.8 Å². The molecule has 10 nitrogen and oxygen atoms in total. The van der Waals surface area contributed by atoms with Gasteiger partial charge in [0.15, 0.2) is 5.82 Å². The zero-order valence-corrected chi connectivity index (χ0v) is 18.5. The fourth-order valence-electron chi connectivity index (χ4n) is 3.74. The maximum atomic E-state index is 12.3. The largest absolute Gasteiger partial charge is 0.481 e. The zero-order valence-electron chi connectivity index (χ0n) is 18.5. The summed E-state index contributed by atoms with van der Waals surface area (Å²) in [5, 5.41) is 21.9. The molecule has 174 valence electrons. The number of pyridine rings is 1. The first-order valence-electron chi connectivity index (χ1n) is 10.9. The van der Waals surface area contributed by atoms with Crippen molar-refractivity contribution in [2.75, 3.05) is 25.6 Å². The average Bonchev–Trinajstić information content (AvgIpc) is 3.44. The Kier molecular flexibility index (Phi) is 8.43. The van der Waals surface area contributed by atoms with E-state index >= 15 is 0 Å². The highest BCUT2D eigenvalue weighted by Crippen LogP contribution is 2.35. The summed E-state index contributed by atoms with van der Waals surface area (Å²) in [5.41, 5.74) is 1.70. The lowest BCUT2D eigenvalue weighted by atomic mass is 10.0. The number of alkyl carbamates (subject to hydrolysis) is 1. The lowest BCUT2D eigenvalue weighted by Gasteiger charge is -2.16. The van der Waals surface area contributed by atoms with Gasteiger partial charge in [-0.25, -0.2) is 9.78 Å². The first kappa shape index (κ1) is 23.5. The van der Waals surface area contributed by atoms with Crippen molar-refractivity contribution in [3.8, 4) is 5.88 Å². The number of nitrogens with zero attached hydrogens (tertiary/aromatic N) is 2. The van der Waals surface area contributed by atoms with Crippen molar-refractivity contribution in [2.24, 2.45) is 5.92 Å². The normalized spacial score (nSPS) is 18.7. The van der Waals surface area contributed by atoms with Crippen molar-refractivity contribution in [1.82, 2.24) is 20.5 Å². The lowest BCUT2D eigenvalue weighted by molar-refractivity contribution is -0.115. The highest BCUT2D eigenvalue weighted by atomic mass is 16.6. The summed E-state index contributed by atoms with van der Waals surface area (Å²) in [6.45, 7) is 2.41. The second-order valence-electron chi connectivity index (χ2n) is 8.01. The molecule has 0 radical (unpaired) electrons. The summed E-state index contributed by atoms with van der Waals surface area (Å²) in [5.74, 6) is 0.952. The molecule has 3 atom stereocenters. The maximum Gasteiger partial charge on any atom is 0.407 e. The molecule has 1 aliphatic rings. The second kappa shape index (κ2) is 11.5. The molecule has 1 unspecified atom stereocenters. The van der Waals surface area contributed by atoms with E-state index < -0.39 is 6.09 Å². The quantitative estimate of drug-likeness (QED) is 0.440. The first-order chi connectivity index (χ1) is 15.5. The summed E-state index contributed by atoms with van der Waals surface area (Å²) < 4.78 is 10.6. The van der Waals surface area contributed by atoms with Gasteiger partial charge in [-0.2, -0.15) is 5.10 Å². The SMILES string of the molecule is CCC(CO)CNC(=O)O[C@@H]1CC[C@H](c2cc(NC(=O)Cc3ccnc(OC)c3)n[nH]2)C1. The van der Waals surface area contributed by atoms with Crippen LogP contribution in [0.2, 0.25) is 0 Å². The predicted molar refractivity (Wildman–Crippen MR) is 117 cm³/mol. The lowest BCUT2D eigenvalue weighted by Crippen LogP contribution is -2.33. The minimum atomic E-state index is -0.451. The van der Waals surface area contributed by atoms with Gasteiger partial charge in [-0.05, 0) is 43.2 Å². The summed E-state index contributed by atoms with van der Waals surface area (Å²) in [4.78, 5) is 28.4. The van der Waals surface area contributed by atoms with Crippen LogP contribution in [0.1, 0.15) is 49.8 Å². The number of aliphatic hydroxyl groups is 1. The Hall–Kier alpha value is -3.14. The highest BCUT2D eigenvalue weighted by molar-refractivity contribution is 5.91. The van der Waals surface area contributed by atoms with Crippen molar-refractivity contribution < 1.29 is 24.2 Å². The molecule has 2 heterocycles. The molecule has 0 spiro atoms. The van der Waals surface area contributed by atoms with Crippen LogP contribution in [0.25, 0.3) is 0 Å². The van der Waals surface area contributed by atoms with Crippen LogP contribution >= 0.6 is 0 Å². The number of rotatable bonds is 10. The number of methoxy groups -OCH3 is 1. The number of carbonyl (C=O) groups is 2. The van der Waals surface area contributed by atoms with E-state index in [-0.39, 0.29) is 36.9 Å². The van der Waals surface area contributed by atoms with E-state index in [1.54, 1.807) is 18.3 Å². The van der Waals surface area contributed by atoms with Crippen molar-refractivity contribution in [3.05, 3.63) is 35.7 Å². The molecule has 0 aliphatic heterocycles. The molecule has 32 heavy (non-hydrogen) atoms. The fraction of sp³-hybridized carbons (Fsp3) is 0.545. The Balaban J connectivity index is 1.45. The van der Waals surface area contributed by atoms with E-state index in [1.807, 2.05) is 13.0 Å². The van der Waals surface area contributed by atoms with Crippen LogP contribution in [0.3, 0.4) is 0 Å². The third kappa shape index (κ3) is 6.68. The molecule has 0 bridgehead atoms. The molecule has 1 aliphatic carbocycles. The molecule has 4 N–H and O–H groups in total. The number of ether oxygens (including phenoxy) is 2. The van der Waals surface area contributed by atoms with Crippen LogP contribution in [0.15, 0.2) is 24.4 Å². The van der Waals surface area contributed by atoms with Gasteiger partial charge in [0.05, 0.1) is 13.5 Å². The maximum absolute atomic E-state index is 12.3. The van der Waals surface area contributed by atoms with Crippen molar-refractivity contribution in [2.45, 2.75) is 51.0 Å². The molecule has 3 rings (SSSR count). The summed E-state index contributed by atoms with van der Waals surface area (Å²) >= 11 is 0. The Bertz CT molecular complexity index is 898. The van der Waals surface area contributed by atoms with E-state index in [2.05, 4.69) is 25.8 Å². The molecule has 2 aromatic heterocycles. The molecule has 1 fully saturated rings. The van der Waals surface area contributed by atoms with Crippen LogP contribution in [0, 0.1) is 5.92 Å². The number of aliphatic hydroxyl groups excluding tert-OH is 1. The average molecular weight is 446 g/mol. The zero-order chi connectivity index (χ0) is 22.9. The number of hydrogen-bond donors (Lipinski definition) is 4. The second-order valence-corrected chi connectivity index (χ2v) is 8.01. The number of H-pyrrole nitrogens is 1. The van der Waals surface area contributed by atoms with Gasteiger partial charge in [0.25, 0.3) is 0 Å². The van der Waals surface area contributed by atoms with Gasteiger partial charge in [0.1, 0.15) is 6.10 Å². The summed E-state index contributed by atoms with van der Waals surface area (Å²) in [7, 11) is 1.53. The molecule has 2 amide bonds. The molecule has 0 aromatic carbocycles. The molecule has 1 saturated carbocycles. The van der Waals surface area contributed by atoms with Crippen LogP contribution in [-0.4, -0.2) is 58.7 Å². The first-order valence-corrected chi connectivity index (χ1v) is 10.9. The van der Waals surface area contributed by atoms with Gasteiger partial charge >= 0.3 is 6.09 Å². The Morgan fingerprint density at radius 3 is 2.94 bits per heavy atom. The smallest absolute Gasteiger partial charge is 0.407 e. The number of anilines is 1. The summed E-state index contributed by atoms with van der Waals surface area (Å²) in [6.07, 6.45) is 4.27. The molecule has 10 heteroatoms. The number of nitrogens with one attached hydrogen (secondary N) is 3. The molecule has 0 saturated heterocycles. The monoisotopic (exact) mass is 445 g/mol. The standard InChI is InChI=1S/C22H31N5O5/c1-3-14(13-28)12-24-22(30)32-17-5-4-16(10-17)18-11-19(27-26-18)25-20(29)8-15-6-7-23-21(9-15)31-2/h6-7,9,11,14,16-17,28H,3-5,8,10,12-13H2,1-2H3,(H,24,30)(H2,25,26,27,29)/t14?,16-,17+/m0/s1. The van der Waals surface area contributed by atoms with Crippen LogP contribution < -0.4 is 15.4 Å². The number of amides is 2. The fourth-order valence-corrected chi connectivity index (χ4v) is 3.74. The third-order valence-corrected chi connectivity index (χ3v) is 5.71. The highest BCUT2D eigenvalue weighted by Gasteiger charge is 2.30. The van der Waals surface area contributed by atoms with Crippen molar-refractivity contribution in [3.63, 3.8) is 0 Å². The molecule has 2 aromatic rings. The van der Waals surface area contributed by atoms with Gasteiger partial charge in [0, 0.05) is 43.1 Å². The predicted octanol–water partition coefficient (Wildman–Crippen LogP) is 2.38. The van der Waals surface area contributed by atoms with E-state index in [1.165, 1.54) is 7.11 Å². The van der Waals surface area contributed by atoms with E-state index in [0.29, 0.717) is 24.7 Å². The van der Waals surface area contributed by atoms with E-state index in [9.17, 15) is 14.7 Å². The summed E-state index contributed by atoms with van der Waals surface area (Å²) in [6, 6.07) is 5.31. The third-order valence-electron chi connectivity index (χ3n) is 5.71. The van der Waals surface area contributed by atoms with Crippen molar-refractivity contribution in [1.29, 1.82) is 0 Å². The van der Waals surface area contributed by atoms with Gasteiger partial charge in [-0.3, -0.25) is 9.89 Å². The Morgan fingerprint density at radius 1 is 1.34 bits per heavy atom. The Labute approximate surface area is 187 Å². The van der Waals surface area contributed by atoms with Crippen LogP contribution in [-0.2, 0) is 16.0 Å². The topological polar surface area (TPSA) is 138 Å². The minimum Gasteiger partial charge on any atom is -0.481 e. The van der Waals surface area contributed by atoms with Gasteiger partial charge in [-0.1, -0.05) is 6.92 Å². The number of carbonyl (C=O) groups excluding carboxylic acids is 2. The Morgan fingerprint density at radius 2 is 2.19 bits per heavy atom. The number of aromatic nitrogens is 3. The minimum absolute atomic E-state index is 0.0394. The van der Waals surface area contributed by atoms with Crippen LogP contribution in [0.4, 0.5) is 10.6 Å². The number of hydrogen-bond acceptors (Lipinski definition) is 7. The van der Waals surface area contributed by atoms with Crippen LogP contribution in [0.5, 0.6) is 5.88 Å².